The number of benzene rings is 2. The second-order valence-corrected chi connectivity index (χ2v) is 6.50. The maximum Gasteiger partial charge on any atom is 0.274 e. The Morgan fingerprint density at radius 3 is 2.04 bits per heavy atom. The lowest BCUT2D eigenvalue weighted by Gasteiger charge is -2.10. The molecule has 5 heteroatoms. The minimum atomic E-state index is -0.359. The van der Waals surface area contributed by atoms with Crippen LogP contribution in [0.15, 0.2) is 60.7 Å². The van der Waals surface area contributed by atoms with Gasteiger partial charge < -0.3 is 10.6 Å². The van der Waals surface area contributed by atoms with E-state index in [0.717, 1.165) is 22.4 Å². The van der Waals surface area contributed by atoms with Crippen molar-refractivity contribution in [2.45, 2.75) is 20.8 Å². The molecular formula is C22H21N3O2. The van der Waals surface area contributed by atoms with Crippen LogP contribution in [0.4, 0.5) is 11.4 Å². The fourth-order valence-corrected chi connectivity index (χ4v) is 2.75. The Labute approximate surface area is 158 Å². The molecule has 27 heavy (non-hydrogen) atoms. The molecule has 0 unspecified atom stereocenters. The number of nitrogens with zero attached hydrogens (tertiary/aromatic N) is 1. The zero-order valence-electron chi connectivity index (χ0n) is 15.5. The van der Waals surface area contributed by atoms with Gasteiger partial charge in [-0.05, 0) is 62.2 Å². The summed E-state index contributed by atoms with van der Waals surface area (Å²) in [5.74, 6) is -0.714. The average molecular weight is 359 g/mol. The van der Waals surface area contributed by atoms with Gasteiger partial charge in [-0.1, -0.05) is 35.9 Å². The highest BCUT2D eigenvalue weighted by atomic mass is 16.2. The Balaban J connectivity index is 1.76. The first-order valence-electron chi connectivity index (χ1n) is 8.66. The molecule has 1 heterocycles. The smallest absolute Gasteiger partial charge is 0.274 e. The third-order valence-corrected chi connectivity index (χ3v) is 4.12. The highest BCUT2D eigenvalue weighted by Gasteiger charge is 2.13. The molecule has 3 rings (SSSR count). The lowest BCUT2D eigenvalue weighted by molar-refractivity contribution is 0.101. The summed E-state index contributed by atoms with van der Waals surface area (Å²) in [5, 5.41) is 5.64. The number of hydrogen-bond acceptors (Lipinski definition) is 3. The van der Waals surface area contributed by atoms with E-state index >= 15 is 0 Å². The van der Waals surface area contributed by atoms with Crippen molar-refractivity contribution < 1.29 is 9.59 Å². The van der Waals surface area contributed by atoms with Crippen LogP contribution >= 0.6 is 0 Å². The summed E-state index contributed by atoms with van der Waals surface area (Å²) >= 11 is 0. The molecule has 0 bridgehead atoms. The molecule has 0 aliphatic carbocycles. The minimum Gasteiger partial charge on any atom is -0.321 e. The molecule has 0 spiro atoms. The number of rotatable bonds is 4. The third-order valence-electron chi connectivity index (χ3n) is 4.12. The molecule has 136 valence electrons. The second kappa shape index (κ2) is 7.83. The van der Waals surface area contributed by atoms with Crippen molar-refractivity contribution in [3.8, 4) is 0 Å². The summed E-state index contributed by atoms with van der Waals surface area (Å²) in [4.78, 5) is 29.2. The predicted octanol–water partition coefficient (Wildman–Crippen LogP) is 4.51. The van der Waals surface area contributed by atoms with Crippen LogP contribution in [0.5, 0.6) is 0 Å². The second-order valence-electron chi connectivity index (χ2n) is 6.50. The van der Waals surface area contributed by atoms with Gasteiger partial charge in [0.2, 0.25) is 0 Å². The van der Waals surface area contributed by atoms with Crippen LogP contribution in [0.2, 0.25) is 0 Å². The van der Waals surface area contributed by atoms with Gasteiger partial charge in [0.1, 0.15) is 11.4 Å². The molecule has 0 aliphatic heterocycles. The van der Waals surface area contributed by atoms with Crippen molar-refractivity contribution in [3.05, 3.63) is 88.7 Å². The number of aryl methyl sites for hydroxylation is 3. The van der Waals surface area contributed by atoms with Crippen molar-refractivity contribution in [1.29, 1.82) is 0 Å². The first-order chi connectivity index (χ1) is 12.9. The number of amides is 2. The minimum absolute atomic E-state index is 0.185. The number of hydrogen-bond donors (Lipinski definition) is 2. The fraction of sp³-hybridized carbons (Fsp3) is 0.136. The van der Waals surface area contributed by atoms with Crippen molar-refractivity contribution >= 4 is 23.2 Å². The standard InChI is InChI=1S/C22H21N3O2/c1-14-6-4-7-17(13-14)23-21(26)19-8-5-9-20(24-19)22(27)25-18-11-10-15(2)12-16(18)3/h4-13H,1-3H3,(H,23,26)(H,25,27). The van der Waals surface area contributed by atoms with E-state index in [-0.39, 0.29) is 23.2 Å². The molecule has 0 saturated heterocycles. The average Bonchev–Trinajstić information content (AvgIpc) is 2.64. The number of aromatic nitrogens is 1. The van der Waals surface area contributed by atoms with Gasteiger partial charge in [-0.25, -0.2) is 4.98 Å². The van der Waals surface area contributed by atoms with Gasteiger partial charge >= 0.3 is 0 Å². The van der Waals surface area contributed by atoms with E-state index in [1.54, 1.807) is 18.2 Å². The van der Waals surface area contributed by atoms with Gasteiger partial charge in [-0.2, -0.15) is 0 Å². The maximum atomic E-state index is 12.5. The Hall–Kier alpha value is -3.47. The van der Waals surface area contributed by atoms with Crippen LogP contribution in [-0.2, 0) is 0 Å². The Kier molecular flexibility index (Phi) is 5.31. The van der Waals surface area contributed by atoms with Crippen LogP contribution in [0.25, 0.3) is 0 Å². The number of carbonyl (C=O) groups excluding carboxylic acids is 2. The zero-order chi connectivity index (χ0) is 19.4. The molecule has 5 nitrogen and oxygen atoms in total. The monoisotopic (exact) mass is 359 g/mol. The van der Waals surface area contributed by atoms with Gasteiger partial charge in [-0.15, -0.1) is 0 Å². The van der Waals surface area contributed by atoms with E-state index in [9.17, 15) is 9.59 Å². The van der Waals surface area contributed by atoms with Crippen LogP contribution in [-0.4, -0.2) is 16.8 Å². The van der Waals surface area contributed by atoms with Crippen molar-refractivity contribution in [2.75, 3.05) is 10.6 Å². The largest absolute Gasteiger partial charge is 0.321 e. The first-order valence-corrected chi connectivity index (χ1v) is 8.66. The van der Waals surface area contributed by atoms with E-state index in [1.165, 1.54) is 0 Å². The van der Waals surface area contributed by atoms with Gasteiger partial charge in [0.15, 0.2) is 0 Å². The molecule has 0 saturated carbocycles. The van der Waals surface area contributed by atoms with E-state index in [0.29, 0.717) is 5.69 Å². The van der Waals surface area contributed by atoms with E-state index in [4.69, 9.17) is 0 Å². The molecule has 2 N–H and O–H groups in total. The molecule has 0 radical (unpaired) electrons. The van der Waals surface area contributed by atoms with Crippen molar-refractivity contribution in [3.63, 3.8) is 0 Å². The van der Waals surface area contributed by atoms with Crippen LogP contribution in [0.1, 0.15) is 37.7 Å². The van der Waals surface area contributed by atoms with Crippen LogP contribution < -0.4 is 10.6 Å². The van der Waals surface area contributed by atoms with Crippen molar-refractivity contribution in [2.24, 2.45) is 0 Å². The first kappa shape index (κ1) is 18.3. The lowest BCUT2D eigenvalue weighted by Crippen LogP contribution is -2.18. The third kappa shape index (κ3) is 4.58. The molecule has 2 aromatic carbocycles. The molecule has 0 aliphatic rings. The lowest BCUT2D eigenvalue weighted by atomic mass is 10.1. The Bertz CT molecular complexity index is 1010. The van der Waals surface area contributed by atoms with E-state index in [1.807, 2.05) is 63.2 Å². The number of carbonyl (C=O) groups is 2. The van der Waals surface area contributed by atoms with Crippen LogP contribution in [0.3, 0.4) is 0 Å². The quantitative estimate of drug-likeness (QED) is 0.720. The Morgan fingerprint density at radius 1 is 0.741 bits per heavy atom. The normalized spacial score (nSPS) is 10.3. The van der Waals surface area contributed by atoms with Crippen molar-refractivity contribution in [1.82, 2.24) is 4.98 Å². The van der Waals surface area contributed by atoms with Gasteiger partial charge in [0, 0.05) is 11.4 Å². The zero-order valence-corrected chi connectivity index (χ0v) is 15.5. The maximum absolute atomic E-state index is 12.5. The molecule has 1 aromatic heterocycles. The highest BCUT2D eigenvalue weighted by molar-refractivity contribution is 6.06. The fourth-order valence-electron chi connectivity index (χ4n) is 2.75. The summed E-state index contributed by atoms with van der Waals surface area (Å²) in [6.45, 7) is 5.88. The summed E-state index contributed by atoms with van der Waals surface area (Å²) in [7, 11) is 0. The number of anilines is 2. The van der Waals surface area contributed by atoms with E-state index in [2.05, 4.69) is 15.6 Å². The summed E-state index contributed by atoms with van der Waals surface area (Å²) < 4.78 is 0. The molecule has 2 amide bonds. The summed E-state index contributed by atoms with van der Waals surface area (Å²) in [6.07, 6.45) is 0. The summed E-state index contributed by atoms with van der Waals surface area (Å²) in [5.41, 5.74) is 4.92. The molecular weight excluding hydrogens is 338 g/mol. The predicted molar refractivity (Wildman–Crippen MR) is 107 cm³/mol. The SMILES string of the molecule is Cc1cccc(NC(=O)c2cccc(C(=O)Nc3ccc(C)cc3C)n2)c1. The topological polar surface area (TPSA) is 71.1 Å². The van der Waals surface area contributed by atoms with Gasteiger partial charge in [-0.3, -0.25) is 9.59 Å². The molecule has 0 fully saturated rings. The highest BCUT2D eigenvalue weighted by Crippen LogP contribution is 2.17. The van der Waals surface area contributed by atoms with Gasteiger partial charge in [0.25, 0.3) is 11.8 Å². The number of nitrogens with one attached hydrogen (secondary N) is 2. The van der Waals surface area contributed by atoms with Gasteiger partial charge in [0.05, 0.1) is 0 Å². The molecule has 3 aromatic rings. The van der Waals surface area contributed by atoms with E-state index < -0.39 is 0 Å². The number of pyridine rings is 1. The van der Waals surface area contributed by atoms with Crippen LogP contribution in [0, 0.1) is 20.8 Å². The Morgan fingerprint density at radius 2 is 1.37 bits per heavy atom. The molecule has 0 atom stereocenters. The summed E-state index contributed by atoms with van der Waals surface area (Å²) in [6, 6.07) is 18.1.